The molecule has 0 aromatic heterocycles. The first-order chi connectivity index (χ1) is 4.85. The van der Waals surface area contributed by atoms with Gasteiger partial charge in [0.05, 0.1) is 0 Å². The van der Waals surface area contributed by atoms with Crippen LogP contribution in [0.2, 0.25) is 0 Å². The van der Waals surface area contributed by atoms with Gasteiger partial charge >= 0.3 is 0 Å². The smallest absolute Gasteiger partial charge is 0.00717 e. The van der Waals surface area contributed by atoms with E-state index in [2.05, 4.69) is 12.2 Å². The lowest BCUT2D eigenvalue weighted by Gasteiger charge is -2.08. The minimum absolute atomic E-state index is 0.597. The fourth-order valence-electron chi connectivity index (χ4n) is 1.04. The average molecular weight is 142 g/mol. The molecule has 0 heterocycles. The molecule has 4 N–H and O–H groups in total. The van der Waals surface area contributed by atoms with Crippen LogP contribution in [0.5, 0.6) is 0 Å². The fraction of sp³-hybridized carbons (Fsp3) is 0.750. The molecule has 2 nitrogen and oxygen atoms in total. The summed E-state index contributed by atoms with van der Waals surface area (Å²) in [5.41, 5.74) is 10.8. The quantitative estimate of drug-likeness (QED) is 0.560. The molecule has 0 saturated heterocycles. The minimum Gasteiger partial charge on any atom is -0.330 e. The lowest BCUT2D eigenvalue weighted by Crippen LogP contribution is -2.11. The van der Waals surface area contributed by atoms with E-state index in [0.29, 0.717) is 5.92 Å². The van der Waals surface area contributed by atoms with Crippen molar-refractivity contribution in [2.75, 3.05) is 13.1 Å². The van der Waals surface area contributed by atoms with E-state index in [9.17, 15) is 0 Å². The summed E-state index contributed by atoms with van der Waals surface area (Å²) < 4.78 is 0. The third-order valence-electron chi connectivity index (χ3n) is 1.54. The molecule has 0 aliphatic rings. The van der Waals surface area contributed by atoms with Gasteiger partial charge < -0.3 is 11.5 Å². The SMILES string of the molecule is CC=CC(CCN)CCN. The Morgan fingerprint density at radius 3 is 2.00 bits per heavy atom. The maximum absolute atomic E-state index is 5.42. The summed E-state index contributed by atoms with van der Waals surface area (Å²) in [4.78, 5) is 0. The highest BCUT2D eigenvalue weighted by Crippen LogP contribution is 2.07. The van der Waals surface area contributed by atoms with Crippen LogP contribution in [-0.4, -0.2) is 13.1 Å². The molecule has 2 heteroatoms. The van der Waals surface area contributed by atoms with Crippen molar-refractivity contribution >= 4 is 0 Å². The minimum atomic E-state index is 0.597. The second-order valence-corrected chi connectivity index (χ2v) is 2.44. The summed E-state index contributed by atoms with van der Waals surface area (Å²) in [5.74, 6) is 0.597. The maximum atomic E-state index is 5.42. The Morgan fingerprint density at radius 1 is 1.20 bits per heavy atom. The van der Waals surface area contributed by atoms with E-state index in [-0.39, 0.29) is 0 Å². The van der Waals surface area contributed by atoms with Crippen molar-refractivity contribution in [1.29, 1.82) is 0 Å². The highest BCUT2D eigenvalue weighted by Gasteiger charge is 1.99. The van der Waals surface area contributed by atoms with Crippen LogP contribution >= 0.6 is 0 Å². The predicted octanol–water partition coefficient (Wildman–Crippen LogP) is 0.876. The fourth-order valence-corrected chi connectivity index (χ4v) is 1.04. The summed E-state index contributed by atoms with van der Waals surface area (Å²) in [5, 5.41) is 0. The second-order valence-electron chi connectivity index (χ2n) is 2.44. The lowest BCUT2D eigenvalue weighted by molar-refractivity contribution is 0.559. The molecule has 0 unspecified atom stereocenters. The molecule has 0 atom stereocenters. The number of nitrogens with two attached hydrogens (primary N) is 2. The molecule has 0 saturated carbocycles. The predicted molar refractivity (Wildman–Crippen MR) is 45.6 cm³/mol. The van der Waals surface area contributed by atoms with Gasteiger partial charge in [0.15, 0.2) is 0 Å². The Bertz CT molecular complexity index is 83.3. The van der Waals surface area contributed by atoms with Crippen LogP contribution in [0.3, 0.4) is 0 Å². The summed E-state index contributed by atoms with van der Waals surface area (Å²) in [7, 11) is 0. The van der Waals surface area contributed by atoms with Crippen LogP contribution in [-0.2, 0) is 0 Å². The van der Waals surface area contributed by atoms with Crippen molar-refractivity contribution in [1.82, 2.24) is 0 Å². The van der Waals surface area contributed by atoms with Gasteiger partial charge in [0.1, 0.15) is 0 Å². The van der Waals surface area contributed by atoms with Crippen LogP contribution in [0.1, 0.15) is 19.8 Å². The molecular formula is C8H18N2. The van der Waals surface area contributed by atoms with E-state index in [1.165, 1.54) is 0 Å². The van der Waals surface area contributed by atoms with Gasteiger partial charge in [0, 0.05) is 0 Å². The van der Waals surface area contributed by atoms with Gasteiger partial charge in [-0.25, -0.2) is 0 Å². The van der Waals surface area contributed by atoms with Crippen molar-refractivity contribution in [3.8, 4) is 0 Å². The highest BCUT2D eigenvalue weighted by atomic mass is 14.5. The summed E-state index contributed by atoms with van der Waals surface area (Å²) in [6, 6.07) is 0. The zero-order valence-corrected chi connectivity index (χ0v) is 6.72. The van der Waals surface area contributed by atoms with Crippen molar-refractivity contribution in [2.45, 2.75) is 19.8 Å². The Hall–Kier alpha value is -0.340. The van der Waals surface area contributed by atoms with Gasteiger partial charge in [0.25, 0.3) is 0 Å². The zero-order valence-electron chi connectivity index (χ0n) is 6.72. The Kier molecular flexibility index (Phi) is 6.55. The van der Waals surface area contributed by atoms with Gasteiger partial charge in [-0.15, -0.1) is 0 Å². The van der Waals surface area contributed by atoms with E-state index < -0.39 is 0 Å². The molecule has 0 radical (unpaired) electrons. The molecule has 0 aliphatic heterocycles. The summed E-state index contributed by atoms with van der Waals surface area (Å²) in [6.07, 6.45) is 6.36. The molecule has 0 aromatic rings. The van der Waals surface area contributed by atoms with Crippen LogP contribution in [0, 0.1) is 5.92 Å². The van der Waals surface area contributed by atoms with Crippen molar-refractivity contribution in [3.63, 3.8) is 0 Å². The Balaban J connectivity index is 3.50. The molecule has 0 spiro atoms. The van der Waals surface area contributed by atoms with E-state index >= 15 is 0 Å². The highest BCUT2D eigenvalue weighted by molar-refractivity contribution is 4.85. The van der Waals surface area contributed by atoms with Gasteiger partial charge in [-0.2, -0.15) is 0 Å². The lowest BCUT2D eigenvalue weighted by atomic mass is 10.0. The summed E-state index contributed by atoms with van der Waals surface area (Å²) in [6.45, 7) is 3.55. The van der Waals surface area contributed by atoms with Gasteiger partial charge in [-0.1, -0.05) is 12.2 Å². The largest absolute Gasteiger partial charge is 0.330 e. The number of allylic oxidation sites excluding steroid dienone is 2. The normalized spacial score (nSPS) is 11.6. The Morgan fingerprint density at radius 2 is 1.70 bits per heavy atom. The van der Waals surface area contributed by atoms with E-state index in [0.717, 1.165) is 25.9 Å². The molecule has 10 heavy (non-hydrogen) atoms. The number of hydrogen-bond acceptors (Lipinski definition) is 2. The third-order valence-corrected chi connectivity index (χ3v) is 1.54. The van der Waals surface area contributed by atoms with Gasteiger partial charge in [-0.3, -0.25) is 0 Å². The average Bonchev–Trinajstić information content (AvgIpc) is 1.90. The molecule has 0 aliphatic carbocycles. The molecule has 0 fully saturated rings. The van der Waals surface area contributed by atoms with Crippen LogP contribution in [0.4, 0.5) is 0 Å². The van der Waals surface area contributed by atoms with Crippen molar-refractivity contribution in [3.05, 3.63) is 12.2 Å². The molecule has 0 amide bonds. The first-order valence-electron chi connectivity index (χ1n) is 3.88. The van der Waals surface area contributed by atoms with Gasteiger partial charge in [0.2, 0.25) is 0 Å². The molecule has 0 bridgehead atoms. The third kappa shape index (κ3) is 4.53. The van der Waals surface area contributed by atoms with Gasteiger partial charge in [-0.05, 0) is 38.8 Å². The number of rotatable bonds is 5. The maximum Gasteiger partial charge on any atom is -0.00717 e. The molecular weight excluding hydrogens is 124 g/mol. The Labute approximate surface area is 63.3 Å². The molecule has 0 aromatic carbocycles. The van der Waals surface area contributed by atoms with E-state index in [1.54, 1.807) is 0 Å². The second kappa shape index (κ2) is 6.78. The molecule has 0 rings (SSSR count). The van der Waals surface area contributed by atoms with E-state index in [4.69, 9.17) is 11.5 Å². The topological polar surface area (TPSA) is 52.0 Å². The monoisotopic (exact) mass is 142 g/mol. The standard InChI is InChI=1S/C8H18N2/c1-2-3-8(4-6-9)5-7-10/h2-3,8H,4-7,9-10H2,1H3. The zero-order chi connectivity index (χ0) is 7.82. The van der Waals surface area contributed by atoms with Crippen molar-refractivity contribution < 1.29 is 0 Å². The first-order valence-corrected chi connectivity index (χ1v) is 3.88. The summed E-state index contributed by atoms with van der Waals surface area (Å²) >= 11 is 0. The molecule has 60 valence electrons. The van der Waals surface area contributed by atoms with Crippen LogP contribution in [0.25, 0.3) is 0 Å². The van der Waals surface area contributed by atoms with Crippen molar-refractivity contribution in [2.24, 2.45) is 17.4 Å². The number of hydrogen-bond donors (Lipinski definition) is 2. The van der Waals surface area contributed by atoms with Crippen LogP contribution < -0.4 is 11.5 Å². The van der Waals surface area contributed by atoms with Crippen LogP contribution in [0.15, 0.2) is 12.2 Å². The first kappa shape index (κ1) is 9.66. The van der Waals surface area contributed by atoms with E-state index in [1.807, 2.05) is 6.92 Å².